The van der Waals surface area contributed by atoms with Gasteiger partial charge in [0.25, 0.3) is 5.91 Å². The van der Waals surface area contributed by atoms with Crippen LogP contribution < -0.4 is 0 Å². The predicted octanol–water partition coefficient (Wildman–Crippen LogP) is 4.47. The lowest BCUT2D eigenvalue weighted by Crippen LogP contribution is -2.34. The van der Waals surface area contributed by atoms with Crippen molar-refractivity contribution in [1.29, 1.82) is 0 Å². The first-order chi connectivity index (χ1) is 7.95. The van der Waals surface area contributed by atoms with Gasteiger partial charge in [-0.2, -0.15) is 0 Å². The first-order valence-corrected chi connectivity index (χ1v) is 7.27. The van der Waals surface area contributed by atoms with E-state index < -0.39 is 0 Å². The summed E-state index contributed by atoms with van der Waals surface area (Å²) in [5.41, 5.74) is 0.705. The van der Waals surface area contributed by atoms with Crippen LogP contribution in [-0.2, 0) is 0 Å². The molecule has 1 aromatic carbocycles. The predicted molar refractivity (Wildman–Crippen MR) is 78.3 cm³/mol. The number of rotatable bonds is 4. The van der Waals surface area contributed by atoms with Crippen molar-refractivity contribution in [3.05, 3.63) is 32.7 Å². The quantitative estimate of drug-likeness (QED) is 0.773. The van der Waals surface area contributed by atoms with Crippen LogP contribution in [0.1, 0.15) is 37.0 Å². The molecule has 0 aliphatic carbocycles. The molecule has 1 aromatic rings. The second-order valence-electron chi connectivity index (χ2n) is 4.21. The average molecular weight is 363 g/mol. The van der Waals surface area contributed by atoms with Gasteiger partial charge in [0.2, 0.25) is 0 Å². The highest BCUT2D eigenvalue weighted by atomic mass is 79.9. The maximum atomic E-state index is 12.2. The SMILES string of the molecule is CCCC(C)N(C)C(=O)c1cc(Br)cc(Br)c1. The third kappa shape index (κ3) is 4.11. The van der Waals surface area contributed by atoms with E-state index in [-0.39, 0.29) is 11.9 Å². The van der Waals surface area contributed by atoms with Crippen LogP contribution in [0.3, 0.4) is 0 Å². The van der Waals surface area contributed by atoms with E-state index >= 15 is 0 Å². The Morgan fingerprint density at radius 2 is 1.82 bits per heavy atom. The van der Waals surface area contributed by atoms with Gasteiger partial charge < -0.3 is 4.90 Å². The summed E-state index contributed by atoms with van der Waals surface area (Å²) in [6.45, 7) is 4.21. The van der Waals surface area contributed by atoms with Gasteiger partial charge in [-0.05, 0) is 31.5 Å². The van der Waals surface area contributed by atoms with Gasteiger partial charge in [-0.1, -0.05) is 45.2 Å². The summed E-state index contributed by atoms with van der Waals surface area (Å²) < 4.78 is 1.82. The normalized spacial score (nSPS) is 12.3. The number of halogens is 2. The van der Waals surface area contributed by atoms with E-state index in [0.717, 1.165) is 21.8 Å². The van der Waals surface area contributed by atoms with Crippen LogP contribution in [0, 0.1) is 0 Å². The molecule has 94 valence electrons. The maximum Gasteiger partial charge on any atom is 0.253 e. The van der Waals surface area contributed by atoms with Crippen molar-refractivity contribution in [3.8, 4) is 0 Å². The highest BCUT2D eigenvalue weighted by Crippen LogP contribution is 2.21. The Hall–Kier alpha value is -0.350. The fraction of sp³-hybridized carbons (Fsp3) is 0.462. The van der Waals surface area contributed by atoms with E-state index in [2.05, 4.69) is 45.7 Å². The number of carbonyl (C=O) groups is 1. The Morgan fingerprint density at radius 3 is 2.29 bits per heavy atom. The first kappa shape index (κ1) is 14.7. The van der Waals surface area contributed by atoms with E-state index in [9.17, 15) is 4.79 Å². The molecule has 1 rings (SSSR count). The summed E-state index contributed by atoms with van der Waals surface area (Å²) in [6, 6.07) is 5.89. The van der Waals surface area contributed by atoms with Crippen molar-refractivity contribution in [2.45, 2.75) is 32.7 Å². The lowest BCUT2D eigenvalue weighted by molar-refractivity contribution is 0.0736. The summed E-state index contributed by atoms with van der Waals surface area (Å²) >= 11 is 6.79. The minimum absolute atomic E-state index is 0.0629. The molecule has 1 unspecified atom stereocenters. The van der Waals surface area contributed by atoms with Crippen LogP contribution in [0.25, 0.3) is 0 Å². The van der Waals surface area contributed by atoms with Crippen LogP contribution in [0.2, 0.25) is 0 Å². The highest BCUT2D eigenvalue weighted by Gasteiger charge is 2.17. The Morgan fingerprint density at radius 1 is 1.29 bits per heavy atom. The smallest absolute Gasteiger partial charge is 0.253 e. The fourth-order valence-electron chi connectivity index (χ4n) is 1.69. The van der Waals surface area contributed by atoms with Crippen molar-refractivity contribution >= 4 is 37.8 Å². The summed E-state index contributed by atoms with van der Waals surface area (Å²) in [5.74, 6) is 0.0629. The number of amides is 1. The molecule has 4 heteroatoms. The van der Waals surface area contributed by atoms with Crippen LogP contribution in [0.4, 0.5) is 0 Å². The van der Waals surface area contributed by atoms with E-state index in [1.807, 2.05) is 25.2 Å². The number of hydrogen-bond donors (Lipinski definition) is 0. The van der Waals surface area contributed by atoms with Crippen molar-refractivity contribution in [3.63, 3.8) is 0 Å². The van der Waals surface area contributed by atoms with Crippen molar-refractivity contribution < 1.29 is 4.79 Å². The molecule has 17 heavy (non-hydrogen) atoms. The zero-order valence-corrected chi connectivity index (χ0v) is 13.5. The molecule has 0 N–H and O–H groups in total. The Bertz CT molecular complexity index is 386. The number of benzene rings is 1. The first-order valence-electron chi connectivity index (χ1n) is 5.69. The third-order valence-corrected chi connectivity index (χ3v) is 3.71. The van der Waals surface area contributed by atoms with E-state index in [0.29, 0.717) is 5.56 Å². The zero-order chi connectivity index (χ0) is 13.0. The molecule has 0 radical (unpaired) electrons. The van der Waals surface area contributed by atoms with Crippen LogP contribution in [0.5, 0.6) is 0 Å². The van der Waals surface area contributed by atoms with Gasteiger partial charge in [-0.25, -0.2) is 0 Å². The lowest BCUT2D eigenvalue weighted by Gasteiger charge is -2.24. The van der Waals surface area contributed by atoms with Crippen LogP contribution in [-0.4, -0.2) is 23.9 Å². The van der Waals surface area contributed by atoms with Crippen molar-refractivity contribution in [2.24, 2.45) is 0 Å². The lowest BCUT2D eigenvalue weighted by atomic mass is 10.1. The number of nitrogens with zero attached hydrogens (tertiary/aromatic N) is 1. The molecule has 0 fully saturated rings. The van der Waals surface area contributed by atoms with Gasteiger partial charge in [0.1, 0.15) is 0 Å². The van der Waals surface area contributed by atoms with Crippen LogP contribution in [0.15, 0.2) is 27.1 Å². The summed E-state index contributed by atoms with van der Waals surface area (Å²) in [7, 11) is 1.86. The van der Waals surface area contributed by atoms with Gasteiger partial charge in [0.15, 0.2) is 0 Å². The van der Waals surface area contributed by atoms with Gasteiger partial charge in [-0.3, -0.25) is 4.79 Å². The molecule has 0 heterocycles. The second kappa shape index (κ2) is 6.55. The molecule has 0 aliphatic rings. The van der Waals surface area contributed by atoms with Crippen molar-refractivity contribution in [1.82, 2.24) is 4.90 Å². The Kier molecular flexibility index (Phi) is 5.67. The Labute approximate surface area is 120 Å². The molecule has 1 amide bonds. The maximum absolute atomic E-state index is 12.2. The number of hydrogen-bond acceptors (Lipinski definition) is 1. The number of carbonyl (C=O) groups excluding carboxylic acids is 1. The molecule has 0 saturated carbocycles. The fourth-order valence-corrected chi connectivity index (χ4v) is 2.99. The molecule has 0 aromatic heterocycles. The minimum Gasteiger partial charge on any atom is -0.339 e. The third-order valence-electron chi connectivity index (χ3n) is 2.80. The second-order valence-corrected chi connectivity index (χ2v) is 6.04. The van der Waals surface area contributed by atoms with E-state index in [4.69, 9.17) is 0 Å². The molecule has 0 bridgehead atoms. The average Bonchev–Trinajstić information content (AvgIpc) is 2.26. The van der Waals surface area contributed by atoms with Gasteiger partial charge in [-0.15, -0.1) is 0 Å². The van der Waals surface area contributed by atoms with Crippen molar-refractivity contribution in [2.75, 3.05) is 7.05 Å². The molecule has 0 aliphatic heterocycles. The van der Waals surface area contributed by atoms with Crippen LogP contribution >= 0.6 is 31.9 Å². The molecule has 1 atom stereocenters. The topological polar surface area (TPSA) is 20.3 Å². The largest absolute Gasteiger partial charge is 0.339 e. The molecule has 2 nitrogen and oxygen atoms in total. The highest BCUT2D eigenvalue weighted by molar-refractivity contribution is 9.11. The standard InChI is InChI=1S/C13H17Br2NO/c1-4-5-9(2)16(3)13(17)10-6-11(14)8-12(15)7-10/h6-9H,4-5H2,1-3H3. The van der Waals surface area contributed by atoms with Gasteiger partial charge in [0.05, 0.1) is 0 Å². The minimum atomic E-state index is 0.0629. The van der Waals surface area contributed by atoms with Gasteiger partial charge in [0, 0.05) is 27.6 Å². The van der Waals surface area contributed by atoms with Gasteiger partial charge >= 0.3 is 0 Å². The Balaban J connectivity index is 2.88. The molecular formula is C13H17Br2NO. The molecule has 0 saturated heterocycles. The zero-order valence-electron chi connectivity index (χ0n) is 10.3. The van der Waals surface area contributed by atoms with E-state index in [1.165, 1.54) is 0 Å². The molecule has 0 spiro atoms. The summed E-state index contributed by atoms with van der Waals surface area (Å²) in [4.78, 5) is 14.1. The molecular weight excluding hydrogens is 346 g/mol. The summed E-state index contributed by atoms with van der Waals surface area (Å²) in [5, 5.41) is 0. The van der Waals surface area contributed by atoms with E-state index in [1.54, 1.807) is 4.90 Å². The monoisotopic (exact) mass is 361 g/mol. The summed E-state index contributed by atoms with van der Waals surface area (Å²) in [6.07, 6.45) is 2.11.